The number of carboxylic acid groups (broad SMARTS) is 1. The summed E-state index contributed by atoms with van der Waals surface area (Å²) in [6, 6.07) is 19.7. The van der Waals surface area contributed by atoms with Gasteiger partial charge in [0.05, 0.1) is 47.8 Å². The Kier molecular flexibility index (Phi) is 8.32. The van der Waals surface area contributed by atoms with Crippen molar-refractivity contribution in [3.63, 3.8) is 0 Å². The Morgan fingerprint density at radius 1 is 1.11 bits per heavy atom. The predicted octanol–water partition coefficient (Wildman–Crippen LogP) is 5.26. The first-order valence-corrected chi connectivity index (χ1v) is 15.6. The summed E-state index contributed by atoms with van der Waals surface area (Å²) in [6.07, 6.45) is 2.96. The lowest BCUT2D eigenvalue weighted by molar-refractivity contribution is -0.140. The highest BCUT2D eigenvalue weighted by Crippen LogP contribution is 2.33. The molecule has 9 nitrogen and oxygen atoms in total. The number of fused-ring (bicyclic) bond motifs is 1. The molecule has 3 aromatic carbocycles. The van der Waals surface area contributed by atoms with Crippen LogP contribution in [-0.2, 0) is 29.2 Å². The molecule has 10 heteroatoms. The second-order valence-corrected chi connectivity index (χ2v) is 12.0. The van der Waals surface area contributed by atoms with E-state index in [1.165, 1.54) is 18.2 Å². The summed E-state index contributed by atoms with van der Waals surface area (Å²) in [7, 11) is 0. The lowest BCUT2D eigenvalue weighted by Gasteiger charge is -2.32. The fraction of sp³-hybridized carbons (Fsp3) is 0.361. The minimum Gasteiger partial charge on any atom is -0.490 e. The molecule has 0 radical (unpaired) electrons. The number of hydrogen-bond acceptors (Lipinski definition) is 7. The standard InChI is InChI=1S/C36H33FN4O5/c37-31-17-23(19-38)4-9-34(31)45-22-24-2-1-3-27(16-24)46-26-10-13-40(14-11-26)21-35-39-32-8-5-25(29-6-7-30(29)36(42)43)18-33(32)41(35)20-28-12-15-44-28/h1-5,8-9,16-18,26,28-30H,10-15,20-22H2,(H,42,43)/t28-,29?,30?/m0/s1. The number of nitrogens with zero attached hydrogens (tertiary/aromatic N) is 4. The number of piperidine rings is 1. The molecule has 0 saturated carbocycles. The van der Waals surface area contributed by atoms with E-state index in [2.05, 4.69) is 27.4 Å². The molecule has 2 fully saturated rings. The zero-order chi connectivity index (χ0) is 31.6. The van der Waals surface area contributed by atoms with Crippen LogP contribution in [0.1, 0.15) is 47.7 Å². The SMILES string of the molecule is N#Cc1ccc(OCc2cccc(OC3CCN(Cc4nc5ccc(C6C#CC6C(=O)O)cc5n4C[C@@H]4CCO4)CC3)c2)c(F)c1. The normalized spacial score (nSPS) is 21.0. The second kappa shape index (κ2) is 12.8. The van der Waals surface area contributed by atoms with Gasteiger partial charge in [-0.1, -0.05) is 30.0 Å². The van der Waals surface area contributed by atoms with E-state index in [0.717, 1.165) is 72.7 Å². The van der Waals surface area contributed by atoms with E-state index in [9.17, 15) is 14.3 Å². The quantitative estimate of drug-likeness (QED) is 0.226. The van der Waals surface area contributed by atoms with Gasteiger partial charge in [-0.3, -0.25) is 9.69 Å². The maximum atomic E-state index is 14.2. The number of ether oxygens (including phenoxy) is 3. The molecule has 1 aliphatic carbocycles. The minimum atomic E-state index is -0.883. The van der Waals surface area contributed by atoms with Gasteiger partial charge in [-0.15, -0.1) is 0 Å². The van der Waals surface area contributed by atoms with Crippen LogP contribution < -0.4 is 9.47 Å². The van der Waals surface area contributed by atoms with Crippen LogP contribution in [0.2, 0.25) is 0 Å². The largest absolute Gasteiger partial charge is 0.490 e. The van der Waals surface area contributed by atoms with Gasteiger partial charge in [-0.2, -0.15) is 5.26 Å². The van der Waals surface area contributed by atoms with Crippen LogP contribution in [0.5, 0.6) is 11.5 Å². The van der Waals surface area contributed by atoms with Crippen molar-refractivity contribution in [2.45, 2.75) is 57.1 Å². The number of halogens is 1. The summed E-state index contributed by atoms with van der Waals surface area (Å²) < 4.78 is 34.2. The van der Waals surface area contributed by atoms with Gasteiger partial charge in [0.2, 0.25) is 0 Å². The van der Waals surface area contributed by atoms with Crippen molar-refractivity contribution in [3.8, 4) is 29.4 Å². The van der Waals surface area contributed by atoms with Crippen molar-refractivity contribution in [1.82, 2.24) is 14.5 Å². The number of rotatable bonds is 11. The molecule has 3 atom stereocenters. The predicted molar refractivity (Wildman–Crippen MR) is 167 cm³/mol. The Balaban J connectivity index is 0.977. The van der Waals surface area contributed by atoms with Crippen molar-refractivity contribution in [2.24, 2.45) is 5.92 Å². The molecule has 4 aromatic rings. The van der Waals surface area contributed by atoms with Crippen LogP contribution in [0.25, 0.3) is 11.0 Å². The lowest BCUT2D eigenvalue weighted by atomic mass is 9.80. The van der Waals surface area contributed by atoms with Gasteiger partial charge in [-0.25, -0.2) is 9.37 Å². The smallest absolute Gasteiger partial charge is 0.320 e. The van der Waals surface area contributed by atoms with Crippen molar-refractivity contribution < 1.29 is 28.5 Å². The third-order valence-electron chi connectivity index (χ3n) is 8.94. The third-order valence-corrected chi connectivity index (χ3v) is 8.94. The summed E-state index contributed by atoms with van der Waals surface area (Å²) >= 11 is 0. The number of imidazole rings is 1. The summed E-state index contributed by atoms with van der Waals surface area (Å²) in [6.45, 7) is 4.08. The summed E-state index contributed by atoms with van der Waals surface area (Å²) in [5.41, 5.74) is 3.90. The Bertz CT molecular complexity index is 1880. The van der Waals surface area contributed by atoms with Gasteiger partial charge in [0.15, 0.2) is 11.6 Å². The Morgan fingerprint density at radius 2 is 1.96 bits per heavy atom. The molecule has 2 unspecified atom stereocenters. The number of aromatic nitrogens is 2. The van der Waals surface area contributed by atoms with E-state index in [1.807, 2.05) is 42.5 Å². The molecule has 2 saturated heterocycles. The van der Waals surface area contributed by atoms with Crippen molar-refractivity contribution in [2.75, 3.05) is 19.7 Å². The lowest BCUT2D eigenvalue weighted by Crippen LogP contribution is -2.39. The van der Waals surface area contributed by atoms with Crippen LogP contribution in [0.15, 0.2) is 60.7 Å². The fourth-order valence-corrected chi connectivity index (χ4v) is 6.20. The molecule has 3 aliphatic rings. The number of benzene rings is 3. The first kappa shape index (κ1) is 29.8. The third kappa shape index (κ3) is 6.28. The first-order chi connectivity index (χ1) is 22.4. The van der Waals surface area contributed by atoms with E-state index in [4.69, 9.17) is 24.5 Å². The Hall–Kier alpha value is -4.90. The summed E-state index contributed by atoms with van der Waals surface area (Å²) in [5.74, 6) is 5.21. The number of hydrogen-bond donors (Lipinski definition) is 1. The molecule has 2 aliphatic heterocycles. The van der Waals surface area contributed by atoms with Crippen LogP contribution in [0.4, 0.5) is 4.39 Å². The molecular formula is C36H33FN4O5. The monoisotopic (exact) mass is 620 g/mol. The highest BCUT2D eigenvalue weighted by Gasteiger charge is 2.33. The number of nitriles is 1. The van der Waals surface area contributed by atoms with Gasteiger partial charge < -0.3 is 23.9 Å². The van der Waals surface area contributed by atoms with E-state index in [1.54, 1.807) is 0 Å². The molecule has 0 amide bonds. The van der Waals surface area contributed by atoms with Crippen LogP contribution in [0.3, 0.4) is 0 Å². The van der Waals surface area contributed by atoms with Crippen LogP contribution >= 0.6 is 0 Å². The molecule has 7 rings (SSSR count). The maximum absolute atomic E-state index is 14.2. The van der Waals surface area contributed by atoms with Crippen molar-refractivity contribution in [1.29, 1.82) is 5.26 Å². The van der Waals surface area contributed by atoms with Gasteiger partial charge in [0.1, 0.15) is 30.2 Å². The molecule has 46 heavy (non-hydrogen) atoms. The molecule has 1 aromatic heterocycles. The topological polar surface area (TPSA) is 110 Å². The van der Waals surface area contributed by atoms with Crippen molar-refractivity contribution in [3.05, 3.63) is 89.0 Å². The number of carboxylic acids is 1. The maximum Gasteiger partial charge on any atom is 0.320 e. The fourth-order valence-electron chi connectivity index (χ4n) is 6.20. The zero-order valence-electron chi connectivity index (χ0n) is 25.2. The highest BCUT2D eigenvalue weighted by atomic mass is 19.1. The molecule has 3 heterocycles. The molecule has 0 spiro atoms. The van der Waals surface area contributed by atoms with Crippen molar-refractivity contribution >= 4 is 17.0 Å². The van der Waals surface area contributed by atoms with Gasteiger partial charge in [0, 0.05) is 19.7 Å². The number of carbonyl (C=O) groups is 1. The van der Waals surface area contributed by atoms with Gasteiger partial charge in [-0.05, 0) is 72.9 Å². The van der Waals surface area contributed by atoms with E-state index in [-0.39, 0.29) is 36.0 Å². The summed E-state index contributed by atoms with van der Waals surface area (Å²) in [4.78, 5) is 19.0. The van der Waals surface area contributed by atoms with Crippen LogP contribution in [-0.4, -0.2) is 57.4 Å². The molecule has 0 bridgehead atoms. The first-order valence-electron chi connectivity index (χ1n) is 15.6. The van der Waals surface area contributed by atoms with E-state index in [0.29, 0.717) is 13.1 Å². The van der Waals surface area contributed by atoms with Gasteiger partial charge in [0.25, 0.3) is 0 Å². The van der Waals surface area contributed by atoms with Crippen LogP contribution in [0, 0.1) is 34.9 Å². The van der Waals surface area contributed by atoms with E-state index < -0.39 is 17.7 Å². The Morgan fingerprint density at radius 3 is 2.65 bits per heavy atom. The molecular weight excluding hydrogens is 587 g/mol. The molecule has 1 N–H and O–H groups in total. The number of aliphatic carboxylic acids is 1. The van der Waals surface area contributed by atoms with Gasteiger partial charge >= 0.3 is 5.97 Å². The Labute approximate surface area is 266 Å². The summed E-state index contributed by atoms with van der Waals surface area (Å²) in [5, 5.41) is 18.4. The zero-order valence-corrected chi connectivity index (χ0v) is 25.2. The van der Waals surface area contributed by atoms with E-state index >= 15 is 0 Å². The second-order valence-electron chi connectivity index (χ2n) is 12.0. The number of likely N-dealkylation sites (tertiary alicyclic amines) is 1. The minimum absolute atomic E-state index is 0.0684. The highest BCUT2D eigenvalue weighted by molar-refractivity contribution is 5.81. The average molecular weight is 621 g/mol. The average Bonchev–Trinajstić information content (AvgIpc) is 3.34. The molecule has 234 valence electrons.